The number of hydrogen-bond acceptors (Lipinski definition) is 4. The molecular formula is C10H9F2N3NaO2-. The van der Waals surface area contributed by atoms with Gasteiger partial charge in [0.2, 0.25) is 0 Å². The van der Waals surface area contributed by atoms with E-state index in [0.29, 0.717) is 10.1 Å². The number of hydrogen-bond donors (Lipinski definition) is 0. The van der Waals surface area contributed by atoms with Crippen LogP contribution in [0.1, 0.15) is 19.0 Å². The average Bonchev–Trinajstić information content (AvgIpc) is 2.72. The van der Waals surface area contributed by atoms with Crippen LogP contribution in [0.3, 0.4) is 0 Å². The van der Waals surface area contributed by atoms with E-state index in [0.717, 1.165) is 0 Å². The smallest absolute Gasteiger partial charge is 0.870 e. The van der Waals surface area contributed by atoms with E-state index < -0.39 is 6.05 Å². The molecule has 5 nitrogen and oxygen atoms in total. The molecule has 2 rings (SSSR count). The Hall–Kier alpha value is -0.890. The van der Waals surface area contributed by atoms with Gasteiger partial charge >= 0.3 is 35.6 Å². The summed E-state index contributed by atoms with van der Waals surface area (Å²) in [5.41, 5.74) is 0.168. The van der Waals surface area contributed by atoms with Crippen LogP contribution in [-0.4, -0.2) is 26.5 Å². The molecule has 0 radical (unpaired) electrons. The van der Waals surface area contributed by atoms with Crippen molar-refractivity contribution in [3.8, 4) is 0 Å². The summed E-state index contributed by atoms with van der Waals surface area (Å²) in [6.07, 6.45) is 3.81. The molecule has 18 heavy (non-hydrogen) atoms. The monoisotopic (exact) mass is 264 g/mol. The molecule has 2 heterocycles. The Labute approximate surface area is 124 Å². The normalized spacial score (nSPS) is 10.6. The van der Waals surface area contributed by atoms with E-state index in [1.165, 1.54) is 25.4 Å². The maximum Gasteiger partial charge on any atom is 1.00 e. The van der Waals surface area contributed by atoms with Crippen molar-refractivity contribution < 1.29 is 48.6 Å². The zero-order chi connectivity index (χ0) is 11.8. The molecule has 0 bridgehead atoms. The summed E-state index contributed by atoms with van der Waals surface area (Å²) in [6, 6.07) is -1.82. The van der Waals surface area contributed by atoms with Crippen molar-refractivity contribution in [2.75, 3.05) is 0 Å². The van der Waals surface area contributed by atoms with Gasteiger partial charge in [0, 0.05) is 24.3 Å². The van der Waals surface area contributed by atoms with E-state index in [-0.39, 0.29) is 52.7 Å². The minimum atomic E-state index is -3.07. The summed E-state index contributed by atoms with van der Waals surface area (Å²) >= 11 is 0. The first kappa shape index (κ1) is 17.1. The van der Waals surface area contributed by atoms with Crippen molar-refractivity contribution in [3.05, 3.63) is 24.2 Å². The Morgan fingerprint density at radius 3 is 2.67 bits per heavy atom. The fourth-order valence-electron chi connectivity index (χ4n) is 1.39. The summed E-state index contributed by atoms with van der Waals surface area (Å²) in [6.45, 7) is 1.36. The summed E-state index contributed by atoms with van der Waals surface area (Å²) in [5.74, 6) is 0. The topological polar surface area (TPSA) is 77.8 Å². The Kier molecular flexibility index (Phi) is 6.01. The minimum Gasteiger partial charge on any atom is -0.870 e. The zero-order valence-electron chi connectivity index (χ0n) is 9.89. The summed E-state index contributed by atoms with van der Waals surface area (Å²) in [7, 11) is 0. The van der Waals surface area contributed by atoms with Gasteiger partial charge in [-0.05, 0) is 5.52 Å². The van der Waals surface area contributed by atoms with Gasteiger partial charge in [-0.3, -0.25) is 4.98 Å². The summed E-state index contributed by atoms with van der Waals surface area (Å²) < 4.78 is 27.5. The molecule has 0 aliphatic heterocycles. The molecule has 0 amide bonds. The van der Waals surface area contributed by atoms with E-state index in [4.69, 9.17) is 0 Å². The standard InChI is InChI=1S/C10H8F2N3O.Na.H2O/c1-2-10(11,12)15-9-3-8(6-16)13-4-7(9)5-14-15;;/h3-5H,2H2,1H3;;1H2/q-1;+1;/p-1. The quantitative estimate of drug-likeness (QED) is 0.508. The zero-order valence-corrected chi connectivity index (χ0v) is 11.9. The number of alkyl halides is 2. The summed E-state index contributed by atoms with van der Waals surface area (Å²) in [5, 5.41) is 4.08. The molecule has 8 heteroatoms. The van der Waals surface area contributed by atoms with E-state index >= 15 is 0 Å². The second-order valence-corrected chi connectivity index (χ2v) is 3.31. The van der Waals surface area contributed by atoms with Crippen LogP contribution in [0, 0.1) is 0 Å². The Balaban J connectivity index is 0.00000144. The number of aromatic nitrogens is 3. The molecule has 0 unspecified atom stereocenters. The fraction of sp³-hybridized carbons (Fsp3) is 0.300. The number of carbonyl (C=O) groups excluding carboxylic acids is 1. The van der Waals surface area contributed by atoms with Crippen LogP contribution in [-0.2, 0) is 10.8 Å². The third-order valence-electron chi connectivity index (χ3n) is 2.29. The molecule has 0 aliphatic rings. The largest absolute Gasteiger partial charge is 1.00 e. The Morgan fingerprint density at radius 1 is 1.44 bits per heavy atom. The predicted molar refractivity (Wildman–Crippen MR) is 54.7 cm³/mol. The first-order valence-electron chi connectivity index (χ1n) is 4.68. The minimum absolute atomic E-state index is 0. The third-order valence-corrected chi connectivity index (χ3v) is 2.29. The van der Waals surface area contributed by atoms with E-state index in [1.807, 2.05) is 0 Å². The SMILES string of the molecule is CCC(F)(F)n1ncc2cnc([C-]=O)cc21.[Na+].[OH-]. The molecule has 92 valence electrons. The molecule has 2 aromatic rings. The van der Waals surface area contributed by atoms with Gasteiger partial charge in [-0.2, -0.15) is 19.9 Å². The fourth-order valence-corrected chi connectivity index (χ4v) is 1.39. The van der Waals surface area contributed by atoms with Gasteiger partial charge in [-0.15, -0.1) is 0 Å². The second-order valence-electron chi connectivity index (χ2n) is 3.31. The molecule has 0 aromatic carbocycles. The van der Waals surface area contributed by atoms with Gasteiger partial charge in [0.15, 0.2) is 0 Å². The van der Waals surface area contributed by atoms with Crippen molar-refractivity contribution >= 4 is 17.2 Å². The van der Waals surface area contributed by atoms with E-state index in [9.17, 15) is 13.6 Å². The maximum absolute atomic E-state index is 13.5. The van der Waals surface area contributed by atoms with Crippen LogP contribution < -0.4 is 29.6 Å². The number of fused-ring (bicyclic) bond motifs is 1. The number of nitrogens with zero attached hydrogens (tertiary/aromatic N) is 3. The molecule has 0 fully saturated rings. The van der Waals surface area contributed by atoms with E-state index in [1.54, 1.807) is 6.29 Å². The van der Waals surface area contributed by atoms with Crippen molar-refractivity contribution in [3.63, 3.8) is 0 Å². The van der Waals surface area contributed by atoms with E-state index in [2.05, 4.69) is 10.1 Å². The van der Waals surface area contributed by atoms with Crippen LogP contribution in [0.2, 0.25) is 0 Å². The summed E-state index contributed by atoms with van der Waals surface area (Å²) in [4.78, 5) is 14.1. The van der Waals surface area contributed by atoms with Crippen molar-refractivity contribution in [1.29, 1.82) is 0 Å². The molecule has 0 saturated heterocycles. The van der Waals surface area contributed by atoms with Gasteiger partial charge in [0.1, 0.15) is 0 Å². The molecular weight excluding hydrogens is 255 g/mol. The Bertz CT molecular complexity index is 545. The van der Waals surface area contributed by atoms with Crippen LogP contribution >= 0.6 is 0 Å². The number of halogens is 2. The van der Waals surface area contributed by atoms with Gasteiger partial charge in [-0.1, -0.05) is 12.6 Å². The van der Waals surface area contributed by atoms with Crippen molar-refractivity contribution in [2.24, 2.45) is 0 Å². The second kappa shape index (κ2) is 6.33. The molecule has 0 saturated carbocycles. The average molecular weight is 264 g/mol. The third kappa shape index (κ3) is 2.92. The van der Waals surface area contributed by atoms with Gasteiger partial charge in [0.05, 0.1) is 6.20 Å². The molecule has 0 spiro atoms. The molecule has 1 N–H and O–H groups in total. The van der Waals surface area contributed by atoms with Gasteiger partial charge < -0.3 is 10.3 Å². The molecule has 0 atom stereocenters. The van der Waals surface area contributed by atoms with Gasteiger partial charge in [-0.25, -0.2) is 4.68 Å². The number of rotatable bonds is 3. The van der Waals surface area contributed by atoms with Crippen molar-refractivity contribution in [2.45, 2.75) is 19.4 Å². The number of pyridine rings is 1. The van der Waals surface area contributed by atoms with Gasteiger partial charge in [0.25, 0.3) is 0 Å². The predicted octanol–water partition coefficient (Wildman–Crippen LogP) is -1.32. The van der Waals surface area contributed by atoms with Crippen LogP contribution in [0.25, 0.3) is 10.9 Å². The Morgan fingerprint density at radius 2 is 2.11 bits per heavy atom. The van der Waals surface area contributed by atoms with Crippen LogP contribution in [0.4, 0.5) is 8.78 Å². The molecule has 0 aliphatic carbocycles. The van der Waals surface area contributed by atoms with Crippen LogP contribution in [0.5, 0.6) is 0 Å². The first-order valence-corrected chi connectivity index (χ1v) is 4.68. The van der Waals surface area contributed by atoms with Crippen molar-refractivity contribution in [1.82, 2.24) is 14.8 Å². The first-order chi connectivity index (χ1) is 7.58. The van der Waals surface area contributed by atoms with Crippen LogP contribution in [0.15, 0.2) is 18.5 Å². The molecule has 2 aromatic heterocycles. The maximum atomic E-state index is 13.5.